The highest BCUT2D eigenvalue weighted by molar-refractivity contribution is 6.34. The summed E-state index contributed by atoms with van der Waals surface area (Å²) in [6, 6.07) is 5.35. The average molecular weight is 270 g/mol. The molecule has 1 aromatic carbocycles. The van der Waals surface area contributed by atoms with Crippen molar-refractivity contribution in [3.8, 4) is 0 Å². The lowest BCUT2D eigenvalue weighted by molar-refractivity contribution is 0.618. The molecule has 1 atom stereocenters. The molecule has 1 rings (SSSR count). The molecule has 0 aliphatic rings. The van der Waals surface area contributed by atoms with Crippen molar-refractivity contribution in [3.05, 3.63) is 33.8 Å². The molecular formula is C10H15Cl3N2. The van der Waals surface area contributed by atoms with Gasteiger partial charge in [0, 0.05) is 16.1 Å². The monoisotopic (exact) mass is 268 g/mol. The Morgan fingerprint density at radius 3 is 2.13 bits per heavy atom. The Balaban J connectivity index is 0.00000196. The van der Waals surface area contributed by atoms with Crippen molar-refractivity contribution < 1.29 is 0 Å². The van der Waals surface area contributed by atoms with Gasteiger partial charge in [-0.2, -0.15) is 0 Å². The van der Waals surface area contributed by atoms with Crippen molar-refractivity contribution >= 4 is 35.6 Å². The Morgan fingerprint density at radius 1 is 1.13 bits per heavy atom. The van der Waals surface area contributed by atoms with Gasteiger partial charge < -0.3 is 11.5 Å². The van der Waals surface area contributed by atoms with Crippen LogP contribution in [0.1, 0.15) is 24.4 Å². The molecule has 0 radical (unpaired) electrons. The maximum Gasteiger partial charge on any atom is 0.0424 e. The molecule has 0 saturated carbocycles. The predicted octanol–water partition coefficient (Wildman–Crippen LogP) is 3.15. The third-order valence-electron chi connectivity index (χ3n) is 2.03. The molecule has 0 aliphatic carbocycles. The van der Waals surface area contributed by atoms with E-state index in [4.69, 9.17) is 34.7 Å². The molecule has 86 valence electrons. The van der Waals surface area contributed by atoms with Gasteiger partial charge in [-0.05, 0) is 43.1 Å². The molecule has 0 heterocycles. The fourth-order valence-electron chi connectivity index (χ4n) is 1.29. The van der Waals surface area contributed by atoms with Gasteiger partial charge in [-0.15, -0.1) is 12.4 Å². The quantitative estimate of drug-likeness (QED) is 0.882. The zero-order valence-electron chi connectivity index (χ0n) is 8.25. The Hall–Kier alpha value is 0.01000. The molecule has 0 aliphatic heterocycles. The molecule has 0 saturated heterocycles. The first kappa shape index (κ1) is 15.0. The highest BCUT2D eigenvalue weighted by Crippen LogP contribution is 2.24. The van der Waals surface area contributed by atoms with Crippen molar-refractivity contribution in [2.45, 2.75) is 18.9 Å². The molecule has 15 heavy (non-hydrogen) atoms. The summed E-state index contributed by atoms with van der Waals surface area (Å²) < 4.78 is 0. The topological polar surface area (TPSA) is 52.0 Å². The minimum atomic E-state index is -0.0326. The molecule has 4 N–H and O–H groups in total. The molecule has 5 heteroatoms. The minimum absolute atomic E-state index is 0. The van der Waals surface area contributed by atoms with Crippen LogP contribution in [0.4, 0.5) is 0 Å². The summed E-state index contributed by atoms with van der Waals surface area (Å²) in [7, 11) is 0. The van der Waals surface area contributed by atoms with E-state index < -0.39 is 0 Å². The third-order valence-corrected chi connectivity index (χ3v) is 2.47. The van der Waals surface area contributed by atoms with E-state index in [1.807, 2.05) is 12.1 Å². The second-order valence-corrected chi connectivity index (χ2v) is 4.11. The number of benzene rings is 1. The summed E-state index contributed by atoms with van der Waals surface area (Å²) in [6.45, 7) is 0.655. The molecule has 2 nitrogen and oxygen atoms in total. The molecule has 0 bridgehead atoms. The zero-order chi connectivity index (χ0) is 10.6. The number of nitrogens with two attached hydrogens (primary N) is 2. The van der Waals surface area contributed by atoms with Crippen LogP contribution in [0.5, 0.6) is 0 Å². The fraction of sp³-hybridized carbons (Fsp3) is 0.400. The van der Waals surface area contributed by atoms with Gasteiger partial charge in [0.25, 0.3) is 0 Å². The van der Waals surface area contributed by atoms with Crippen molar-refractivity contribution in [2.24, 2.45) is 11.5 Å². The lowest BCUT2D eigenvalue weighted by atomic mass is 10.0. The lowest BCUT2D eigenvalue weighted by Crippen LogP contribution is -2.12. The molecule has 0 spiro atoms. The molecule has 1 aromatic rings. The summed E-state index contributed by atoms with van der Waals surface area (Å²) in [5.41, 5.74) is 12.3. The first-order chi connectivity index (χ1) is 6.63. The summed E-state index contributed by atoms with van der Waals surface area (Å²) in [6.07, 6.45) is 1.76. The van der Waals surface area contributed by atoms with Gasteiger partial charge in [0.1, 0.15) is 0 Å². The average Bonchev–Trinajstić information content (AvgIpc) is 2.12. The van der Waals surface area contributed by atoms with Gasteiger partial charge in [-0.25, -0.2) is 0 Å². The molecule has 0 fully saturated rings. The van der Waals surface area contributed by atoms with Crippen LogP contribution in [0.25, 0.3) is 0 Å². The highest BCUT2D eigenvalue weighted by Gasteiger charge is 2.07. The van der Waals surface area contributed by atoms with Crippen molar-refractivity contribution in [1.82, 2.24) is 0 Å². The van der Waals surface area contributed by atoms with E-state index in [0.29, 0.717) is 16.6 Å². The van der Waals surface area contributed by atoms with Gasteiger partial charge >= 0.3 is 0 Å². The first-order valence-corrected chi connectivity index (χ1v) is 5.30. The van der Waals surface area contributed by atoms with E-state index >= 15 is 0 Å². The van der Waals surface area contributed by atoms with Gasteiger partial charge in [-0.1, -0.05) is 23.2 Å². The summed E-state index contributed by atoms with van der Waals surface area (Å²) >= 11 is 11.7. The van der Waals surface area contributed by atoms with Gasteiger partial charge in [-0.3, -0.25) is 0 Å². The first-order valence-electron chi connectivity index (χ1n) is 4.55. The second-order valence-electron chi connectivity index (χ2n) is 3.24. The van der Waals surface area contributed by atoms with Crippen molar-refractivity contribution in [1.29, 1.82) is 0 Å². The number of hydrogen-bond donors (Lipinski definition) is 2. The largest absolute Gasteiger partial charge is 0.330 e. The van der Waals surface area contributed by atoms with Crippen LogP contribution in [-0.4, -0.2) is 6.54 Å². The van der Waals surface area contributed by atoms with E-state index in [2.05, 4.69) is 0 Å². The summed E-state index contributed by atoms with van der Waals surface area (Å²) in [5.74, 6) is 0. The van der Waals surface area contributed by atoms with Crippen LogP contribution in [0, 0.1) is 0 Å². The Morgan fingerprint density at radius 2 is 1.67 bits per heavy atom. The fourth-order valence-corrected chi connectivity index (χ4v) is 1.84. The maximum absolute atomic E-state index is 5.95. The maximum atomic E-state index is 5.95. The van der Waals surface area contributed by atoms with Gasteiger partial charge in [0.2, 0.25) is 0 Å². The number of hydrogen-bond acceptors (Lipinski definition) is 2. The van der Waals surface area contributed by atoms with E-state index in [1.54, 1.807) is 6.07 Å². The van der Waals surface area contributed by atoms with Crippen molar-refractivity contribution in [2.75, 3.05) is 6.54 Å². The van der Waals surface area contributed by atoms with E-state index in [-0.39, 0.29) is 18.4 Å². The van der Waals surface area contributed by atoms with E-state index in [9.17, 15) is 0 Å². The SMILES string of the molecule is Cl.NCCC[C@H](N)c1cc(Cl)cc(Cl)c1. The molecule has 0 unspecified atom stereocenters. The van der Waals surface area contributed by atoms with Gasteiger partial charge in [0.05, 0.1) is 0 Å². The third kappa shape index (κ3) is 5.05. The van der Waals surface area contributed by atoms with Crippen LogP contribution in [-0.2, 0) is 0 Å². The predicted molar refractivity (Wildman–Crippen MR) is 68.9 cm³/mol. The zero-order valence-corrected chi connectivity index (χ0v) is 10.6. The minimum Gasteiger partial charge on any atom is -0.330 e. The van der Waals surface area contributed by atoms with Gasteiger partial charge in [0.15, 0.2) is 0 Å². The summed E-state index contributed by atoms with van der Waals surface area (Å²) in [4.78, 5) is 0. The van der Waals surface area contributed by atoms with Crippen LogP contribution in [0.3, 0.4) is 0 Å². The van der Waals surface area contributed by atoms with Crippen LogP contribution < -0.4 is 11.5 Å². The van der Waals surface area contributed by atoms with E-state index in [1.165, 1.54) is 0 Å². The standard InChI is InChI=1S/C10H14Cl2N2.ClH/c11-8-4-7(5-9(12)6-8)10(14)2-1-3-13;/h4-6,10H,1-3,13-14H2;1H/t10-;/m0./s1. The smallest absolute Gasteiger partial charge is 0.0424 e. The van der Waals surface area contributed by atoms with Crippen LogP contribution >= 0.6 is 35.6 Å². The molecule has 0 amide bonds. The normalized spacial score (nSPS) is 12.0. The summed E-state index contributed by atoms with van der Waals surface area (Å²) in [5, 5.41) is 1.24. The van der Waals surface area contributed by atoms with Crippen molar-refractivity contribution in [3.63, 3.8) is 0 Å². The highest BCUT2D eigenvalue weighted by atomic mass is 35.5. The molecule has 0 aromatic heterocycles. The molecular weight excluding hydrogens is 254 g/mol. The number of rotatable bonds is 4. The second kappa shape index (κ2) is 7.31. The van der Waals surface area contributed by atoms with Crippen LogP contribution in [0.2, 0.25) is 10.0 Å². The van der Waals surface area contributed by atoms with Crippen LogP contribution in [0.15, 0.2) is 18.2 Å². The Bertz CT molecular complexity index is 284. The number of halogens is 3. The Kier molecular flexibility index (Phi) is 7.32. The Labute approximate surface area is 106 Å². The lowest BCUT2D eigenvalue weighted by Gasteiger charge is -2.11. The van der Waals surface area contributed by atoms with E-state index in [0.717, 1.165) is 18.4 Å².